The predicted molar refractivity (Wildman–Crippen MR) is 118 cm³/mol. The van der Waals surface area contributed by atoms with Crippen LogP contribution in [0.1, 0.15) is 30.2 Å². The maximum Gasteiger partial charge on any atom is 0.273 e. The number of amides is 2. The molecule has 156 valence electrons. The van der Waals surface area contributed by atoms with E-state index in [0.29, 0.717) is 11.0 Å². The molecule has 2 N–H and O–H groups in total. The van der Waals surface area contributed by atoms with Crippen molar-refractivity contribution in [3.8, 4) is 0 Å². The molecule has 0 aliphatic rings. The van der Waals surface area contributed by atoms with Gasteiger partial charge in [-0.05, 0) is 36.6 Å². The maximum atomic E-state index is 13.1. The van der Waals surface area contributed by atoms with Crippen molar-refractivity contribution in [3.05, 3.63) is 69.6 Å². The minimum Gasteiger partial charge on any atom is -0.359 e. The summed E-state index contributed by atoms with van der Waals surface area (Å²) in [5, 5.41) is 5.51. The van der Waals surface area contributed by atoms with E-state index in [1.165, 1.54) is 4.57 Å². The van der Waals surface area contributed by atoms with Gasteiger partial charge in [0.1, 0.15) is 12.2 Å². The zero-order valence-corrected chi connectivity index (χ0v) is 17.5. The number of nitrogens with one attached hydrogen (secondary N) is 2. The van der Waals surface area contributed by atoms with Gasteiger partial charge >= 0.3 is 0 Å². The van der Waals surface area contributed by atoms with Gasteiger partial charge in [-0.15, -0.1) is 0 Å². The molecule has 2 aromatic carbocycles. The Morgan fingerprint density at radius 2 is 1.83 bits per heavy atom. The largest absolute Gasteiger partial charge is 0.359 e. The Hall–Kier alpha value is -3.48. The van der Waals surface area contributed by atoms with Crippen LogP contribution in [-0.2, 0) is 29.0 Å². The average Bonchev–Trinajstić information content (AvgIpc) is 2.75. The third-order valence-corrected chi connectivity index (χ3v) is 5.09. The molecule has 30 heavy (non-hydrogen) atoms. The number of anilines is 1. The Morgan fingerprint density at radius 3 is 2.57 bits per heavy atom. The molecule has 3 aromatic rings. The van der Waals surface area contributed by atoms with Gasteiger partial charge in [0.15, 0.2) is 0 Å². The average molecular weight is 406 g/mol. The van der Waals surface area contributed by atoms with Crippen LogP contribution in [0.4, 0.5) is 5.69 Å². The number of para-hydroxylation sites is 3. The molecule has 1 aromatic heterocycles. The number of aryl methyl sites for hydroxylation is 3. The number of fused-ring (bicyclic) bond motifs is 1. The Kier molecular flexibility index (Phi) is 6.61. The molecule has 0 radical (unpaired) electrons. The van der Waals surface area contributed by atoms with E-state index in [1.54, 1.807) is 25.2 Å². The molecule has 0 bridgehead atoms. The molecular formula is C23H26N4O3. The summed E-state index contributed by atoms with van der Waals surface area (Å²) in [6.45, 7) is 3.84. The molecule has 3 rings (SSSR count). The predicted octanol–water partition coefficient (Wildman–Crippen LogP) is 2.58. The fourth-order valence-corrected chi connectivity index (χ4v) is 3.45. The molecule has 0 spiro atoms. The first-order chi connectivity index (χ1) is 14.4. The lowest BCUT2D eigenvalue weighted by molar-refractivity contribution is -0.120. The van der Waals surface area contributed by atoms with Gasteiger partial charge in [-0.25, -0.2) is 4.98 Å². The normalized spacial score (nSPS) is 10.8. The van der Waals surface area contributed by atoms with Gasteiger partial charge in [0.2, 0.25) is 11.8 Å². The lowest BCUT2D eigenvalue weighted by atomic mass is 10.1. The minimum absolute atomic E-state index is 0.133. The number of carbonyl (C=O) groups excluding carboxylic acids is 2. The standard InChI is InChI=1S/C23H26N4O3/c1-4-16-9-7-8-15(2)22(16)26-21(29)14-27-19-11-6-5-10-17(19)25-18(23(27)30)12-13-20(28)24-3/h5-11H,4,12-14H2,1-3H3,(H,24,28)(H,26,29). The topological polar surface area (TPSA) is 93.1 Å². The first-order valence-electron chi connectivity index (χ1n) is 10.0. The summed E-state index contributed by atoms with van der Waals surface area (Å²) in [5.41, 5.74) is 3.92. The summed E-state index contributed by atoms with van der Waals surface area (Å²) < 4.78 is 1.43. The van der Waals surface area contributed by atoms with Crippen LogP contribution in [0.3, 0.4) is 0 Å². The quantitative estimate of drug-likeness (QED) is 0.631. The van der Waals surface area contributed by atoms with Crippen LogP contribution in [0.15, 0.2) is 47.3 Å². The van der Waals surface area contributed by atoms with Crippen molar-refractivity contribution < 1.29 is 9.59 Å². The van der Waals surface area contributed by atoms with Crippen molar-refractivity contribution in [1.82, 2.24) is 14.9 Å². The molecule has 0 aliphatic heterocycles. The van der Waals surface area contributed by atoms with E-state index >= 15 is 0 Å². The van der Waals surface area contributed by atoms with Gasteiger partial charge in [0.05, 0.1) is 11.0 Å². The van der Waals surface area contributed by atoms with E-state index < -0.39 is 0 Å². The number of benzene rings is 2. The highest BCUT2D eigenvalue weighted by Gasteiger charge is 2.16. The monoisotopic (exact) mass is 406 g/mol. The zero-order valence-electron chi connectivity index (χ0n) is 17.5. The molecule has 0 unspecified atom stereocenters. The first kappa shape index (κ1) is 21.2. The fraction of sp³-hybridized carbons (Fsp3) is 0.304. The summed E-state index contributed by atoms with van der Waals surface area (Å²) in [7, 11) is 1.55. The maximum absolute atomic E-state index is 13.1. The van der Waals surface area contributed by atoms with Gasteiger partial charge in [-0.2, -0.15) is 0 Å². The zero-order chi connectivity index (χ0) is 21.7. The van der Waals surface area contributed by atoms with Gasteiger partial charge in [0, 0.05) is 25.6 Å². The Bertz CT molecular complexity index is 1150. The molecular weight excluding hydrogens is 380 g/mol. The van der Waals surface area contributed by atoms with Crippen LogP contribution >= 0.6 is 0 Å². The summed E-state index contributed by atoms with van der Waals surface area (Å²) in [4.78, 5) is 42.0. The van der Waals surface area contributed by atoms with Crippen LogP contribution in [0.2, 0.25) is 0 Å². The van der Waals surface area contributed by atoms with Crippen LogP contribution < -0.4 is 16.2 Å². The van der Waals surface area contributed by atoms with Crippen molar-refractivity contribution in [2.75, 3.05) is 12.4 Å². The molecule has 7 nitrogen and oxygen atoms in total. The molecule has 0 aliphatic carbocycles. The number of rotatable bonds is 7. The molecule has 1 heterocycles. The van der Waals surface area contributed by atoms with Crippen LogP contribution in [-0.4, -0.2) is 28.4 Å². The van der Waals surface area contributed by atoms with E-state index in [1.807, 2.05) is 38.1 Å². The Balaban J connectivity index is 1.95. The van der Waals surface area contributed by atoms with Gasteiger partial charge in [0.25, 0.3) is 5.56 Å². The summed E-state index contributed by atoms with van der Waals surface area (Å²) >= 11 is 0. The second kappa shape index (κ2) is 9.35. The highest BCUT2D eigenvalue weighted by molar-refractivity contribution is 5.93. The highest BCUT2D eigenvalue weighted by Crippen LogP contribution is 2.21. The van der Waals surface area contributed by atoms with E-state index in [0.717, 1.165) is 23.2 Å². The second-order valence-corrected chi connectivity index (χ2v) is 7.12. The third-order valence-electron chi connectivity index (χ3n) is 5.09. The van der Waals surface area contributed by atoms with Crippen molar-refractivity contribution in [3.63, 3.8) is 0 Å². The summed E-state index contributed by atoms with van der Waals surface area (Å²) in [6.07, 6.45) is 1.16. The number of nitrogens with zero attached hydrogens (tertiary/aromatic N) is 2. The van der Waals surface area contributed by atoms with Gasteiger partial charge in [-0.3, -0.25) is 19.0 Å². The minimum atomic E-state index is -0.353. The lowest BCUT2D eigenvalue weighted by Crippen LogP contribution is -2.32. The second-order valence-electron chi connectivity index (χ2n) is 7.12. The Labute approximate surface area is 175 Å². The lowest BCUT2D eigenvalue weighted by Gasteiger charge is -2.15. The number of carbonyl (C=O) groups is 2. The molecule has 0 saturated heterocycles. The van der Waals surface area contributed by atoms with Gasteiger partial charge < -0.3 is 10.6 Å². The molecule has 0 atom stereocenters. The van der Waals surface area contributed by atoms with E-state index in [-0.39, 0.29) is 42.5 Å². The van der Waals surface area contributed by atoms with Crippen LogP contribution in [0.5, 0.6) is 0 Å². The third kappa shape index (κ3) is 4.56. The van der Waals surface area contributed by atoms with Crippen molar-refractivity contribution >= 4 is 28.5 Å². The SMILES string of the molecule is CCc1cccc(C)c1NC(=O)Cn1c(=O)c(CCC(=O)NC)nc2ccccc21. The fourth-order valence-electron chi connectivity index (χ4n) is 3.45. The molecule has 0 saturated carbocycles. The first-order valence-corrected chi connectivity index (χ1v) is 10.0. The van der Waals surface area contributed by atoms with E-state index in [2.05, 4.69) is 15.6 Å². The molecule has 0 fully saturated rings. The van der Waals surface area contributed by atoms with E-state index in [9.17, 15) is 14.4 Å². The summed E-state index contributed by atoms with van der Waals surface area (Å²) in [6, 6.07) is 13.1. The number of hydrogen-bond acceptors (Lipinski definition) is 4. The number of hydrogen-bond donors (Lipinski definition) is 2. The summed E-state index contributed by atoms with van der Waals surface area (Å²) in [5.74, 6) is -0.449. The van der Waals surface area contributed by atoms with Gasteiger partial charge in [-0.1, -0.05) is 37.3 Å². The van der Waals surface area contributed by atoms with Crippen molar-refractivity contribution in [2.45, 2.75) is 39.7 Å². The van der Waals surface area contributed by atoms with Crippen molar-refractivity contribution in [2.24, 2.45) is 0 Å². The van der Waals surface area contributed by atoms with Crippen LogP contribution in [0.25, 0.3) is 11.0 Å². The molecule has 7 heteroatoms. The van der Waals surface area contributed by atoms with Crippen LogP contribution in [0, 0.1) is 6.92 Å². The van der Waals surface area contributed by atoms with E-state index in [4.69, 9.17) is 0 Å². The molecule has 2 amide bonds. The number of aromatic nitrogens is 2. The Morgan fingerprint density at radius 1 is 1.07 bits per heavy atom. The smallest absolute Gasteiger partial charge is 0.273 e. The highest BCUT2D eigenvalue weighted by atomic mass is 16.2. The van der Waals surface area contributed by atoms with Crippen molar-refractivity contribution in [1.29, 1.82) is 0 Å².